The molecule has 21 heavy (non-hydrogen) atoms. The lowest BCUT2D eigenvalue weighted by atomic mass is 9.98. The second kappa shape index (κ2) is 6.25. The molecule has 1 aliphatic rings. The van der Waals surface area contributed by atoms with Gasteiger partial charge in [0.05, 0.1) is 13.0 Å². The van der Waals surface area contributed by atoms with Crippen LogP contribution >= 0.6 is 0 Å². The van der Waals surface area contributed by atoms with Crippen LogP contribution in [0.4, 0.5) is 10.5 Å². The summed E-state index contributed by atoms with van der Waals surface area (Å²) in [6.45, 7) is 0.183. The first-order valence-corrected chi connectivity index (χ1v) is 6.59. The Morgan fingerprint density at radius 1 is 1.33 bits per heavy atom. The van der Waals surface area contributed by atoms with E-state index in [4.69, 9.17) is 5.11 Å². The largest absolute Gasteiger partial charge is 0.481 e. The van der Waals surface area contributed by atoms with Gasteiger partial charge in [0, 0.05) is 25.2 Å². The van der Waals surface area contributed by atoms with E-state index in [2.05, 4.69) is 10.6 Å². The normalized spacial score (nSPS) is 16.2. The highest BCUT2D eigenvalue weighted by Crippen LogP contribution is 2.37. The van der Waals surface area contributed by atoms with Crippen molar-refractivity contribution in [2.45, 2.75) is 12.3 Å². The molecular weight excluding hydrogens is 274 g/mol. The zero-order valence-corrected chi connectivity index (χ0v) is 11.6. The first-order valence-electron chi connectivity index (χ1n) is 6.59. The number of aliphatic carboxylic acids is 1. The molecule has 0 radical (unpaired) electrons. The maximum atomic E-state index is 12.1. The van der Waals surface area contributed by atoms with Crippen molar-refractivity contribution in [2.75, 3.05) is 25.0 Å². The van der Waals surface area contributed by atoms with Crippen LogP contribution in [-0.2, 0) is 9.59 Å². The Balaban J connectivity index is 2.13. The molecule has 1 heterocycles. The fourth-order valence-electron chi connectivity index (χ4n) is 2.41. The van der Waals surface area contributed by atoms with Crippen molar-refractivity contribution in [1.82, 2.24) is 10.6 Å². The Morgan fingerprint density at radius 2 is 2.05 bits per heavy atom. The van der Waals surface area contributed by atoms with E-state index >= 15 is 0 Å². The highest BCUT2D eigenvalue weighted by molar-refractivity contribution is 5.96. The summed E-state index contributed by atoms with van der Waals surface area (Å²) in [6.07, 6.45) is -0.0315. The van der Waals surface area contributed by atoms with E-state index in [9.17, 15) is 14.4 Å². The molecule has 0 saturated heterocycles. The number of para-hydroxylation sites is 1. The van der Waals surface area contributed by atoms with Crippen molar-refractivity contribution in [3.05, 3.63) is 29.8 Å². The number of nitrogens with zero attached hydrogens (tertiary/aromatic N) is 1. The Hall–Kier alpha value is -2.57. The van der Waals surface area contributed by atoms with Gasteiger partial charge in [0.15, 0.2) is 0 Å². The second-order valence-electron chi connectivity index (χ2n) is 4.80. The molecular formula is C14H17N3O4. The molecule has 1 unspecified atom stereocenters. The number of urea groups is 1. The van der Waals surface area contributed by atoms with Crippen molar-refractivity contribution < 1.29 is 19.5 Å². The van der Waals surface area contributed by atoms with Gasteiger partial charge in [0.1, 0.15) is 0 Å². The number of carbonyl (C=O) groups is 3. The summed E-state index contributed by atoms with van der Waals surface area (Å²) in [5, 5.41) is 13.9. The molecule has 7 heteroatoms. The van der Waals surface area contributed by atoms with E-state index < -0.39 is 12.0 Å². The van der Waals surface area contributed by atoms with E-state index in [1.807, 2.05) is 12.1 Å². The Labute approximate surface area is 121 Å². The summed E-state index contributed by atoms with van der Waals surface area (Å²) < 4.78 is 0. The van der Waals surface area contributed by atoms with Crippen LogP contribution < -0.4 is 15.5 Å². The third kappa shape index (κ3) is 3.31. The van der Waals surface area contributed by atoms with Crippen molar-refractivity contribution in [3.8, 4) is 0 Å². The highest BCUT2D eigenvalue weighted by atomic mass is 16.4. The maximum absolute atomic E-state index is 12.1. The quantitative estimate of drug-likeness (QED) is 0.753. The van der Waals surface area contributed by atoms with Crippen LogP contribution in [0.2, 0.25) is 0 Å². The van der Waals surface area contributed by atoms with Crippen LogP contribution in [-0.4, -0.2) is 43.2 Å². The second-order valence-corrected chi connectivity index (χ2v) is 4.80. The average Bonchev–Trinajstić information content (AvgIpc) is 2.83. The lowest BCUT2D eigenvalue weighted by Gasteiger charge is -2.18. The predicted molar refractivity (Wildman–Crippen MR) is 76.2 cm³/mol. The molecule has 0 aromatic heterocycles. The standard InChI is InChI=1S/C14H17N3O4/c1-15-12(18)7-16-14(21)17-8-9(6-13(19)20)10-4-2-3-5-11(10)17/h2-5,9H,6-8H2,1H3,(H,15,18)(H,16,21)(H,19,20). The molecule has 3 N–H and O–H groups in total. The Kier molecular flexibility index (Phi) is 4.42. The third-order valence-electron chi connectivity index (χ3n) is 3.42. The number of benzene rings is 1. The molecule has 1 atom stereocenters. The lowest BCUT2D eigenvalue weighted by Crippen LogP contribution is -2.43. The number of nitrogens with one attached hydrogen (secondary N) is 2. The first-order chi connectivity index (χ1) is 10.0. The molecule has 0 spiro atoms. The van der Waals surface area contributed by atoms with Crippen molar-refractivity contribution >= 4 is 23.6 Å². The number of hydrogen-bond acceptors (Lipinski definition) is 3. The van der Waals surface area contributed by atoms with Gasteiger partial charge in [-0.15, -0.1) is 0 Å². The fourth-order valence-corrected chi connectivity index (χ4v) is 2.41. The predicted octanol–water partition coefficient (Wildman–Crippen LogP) is 0.521. The number of carbonyl (C=O) groups excluding carboxylic acids is 2. The SMILES string of the molecule is CNC(=O)CNC(=O)N1CC(CC(=O)O)c2ccccc21. The summed E-state index contributed by atoms with van der Waals surface area (Å²) in [6, 6.07) is 6.81. The Morgan fingerprint density at radius 3 is 2.71 bits per heavy atom. The molecule has 0 fully saturated rings. The number of fused-ring (bicyclic) bond motifs is 1. The van der Waals surface area contributed by atoms with Gasteiger partial charge in [0.2, 0.25) is 5.91 Å². The van der Waals surface area contributed by atoms with Crippen molar-refractivity contribution in [2.24, 2.45) is 0 Å². The smallest absolute Gasteiger partial charge is 0.322 e. The molecule has 0 bridgehead atoms. The van der Waals surface area contributed by atoms with Gasteiger partial charge in [-0.25, -0.2) is 4.79 Å². The van der Waals surface area contributed by atoms with E-state index in [1.54, 1.807) is 12.1 Å². The molecule has 0 aliphatic carbocycles. The van der Waals surface area contributed by atoms with Crippen LogP contribution in [0.25, 0.3) is 0 Å². The zero-order chi connectivity index (χ0) is 15.4. The zero-order valence-electron chi connectivity index (χ0n) is 11.6. The lowest BCUT2D eigenvalue weighted by molar-refractivity contribution is -0.137. The minimum atomic E-state index is -0.901. The Bertz CT molecular complexity index is 573. The molecule has 7 nitrogen and oxygen atoms in total. The van der Waals surface area contributed by atoms with Gasteiger partial charge in [-0.3, -0.25) is 14.5 Å². The maximum Gasteiger partial charge on any atom is 0.322 e. The van der Waals surface area contributed by atoms with Crippen LogP contribution in [0.5, 0.6) is 0 Å². The minimum absolute atomic E-state index is 0.0315. The van der Waals surface area contributed by atoms with E-state index in [0.29, 0.717) is 12.2 Å². The number of rotatable bonds is 4. The molecule has 0 saturated carbocycles. The van der Waals surface area contributed by atoms with E-state index in [-0.39, 0.29) is 24.8 Å². The fraction of sp³-hybridized carbons (Fsp3) is 0.357. The van der Waals surface area contributed by atoms with Crippen LogP contribution in [0.15, 0.2) is 24.3 Å². The number of carboxylic acids is 1. The number of hydrogen-bond donors (Lipinski definition) is 3. The number of carboxylic acid groups (broad SMARTS) is 1. The van der Waals surface area contributed by atoms with Crippen molar-refractivity contribution in [1.29, 1.82) is 0 Å². The summed E-state index contributed by atoms with van der Waals surface area (Å²) in [5.41, 5.74) is 1.54. The number of anilines is 1. The number of likely N-dealkylation sites (N-methyl/N-ethyl adjacent to an activating group) is 1. The van der Waals surface area contributed by atoms with Gasteiger partial charge >= 0.3 is 12.0 Å². The minimum Gasteiger partial charge on any atom is -0.481 e. The highest BCUT2D eigenvalue weighted by Gasteiger charge is 2.33. The number of amides is 3. The van der Waals surface area contributed by atoms with Gasteiger partial charge in [-0.1, -0.05) is 18.2 Å². The van der Waals surface area contributed by atoms with Crippen LogP contribution in [0, 0.1) is 0 Å². The molecule has 112 valence electrons. The summed E-state index contributed by atoms with van der Waals surface area (Å²) in [7, 11) is 1.49. The van der Waals surface area contributed by atoms with Gasteiger partial charge < -0.3 is 15.7 Å². The van der Waals surface area contributed by atoms with Gasteiger partial charge in [-0.05, 0) is 11.6 Å². The molecule has 1 aliphatic heterocycles. The first kappa shape index (κ1) is 14.8. The molecule has 3 amide bonds. The third-order valence-corrected chi connectivity index (χ3v) is 3.42. The molecule has 1 aromatic rings. The monoisotopic (exact) mass is 291 g/mol. The summed E-state index contributed by atoms with van der Waals surface area (Å²) in [4.78, 5) is 35.7. The van der Waals surface area contributed by atoms with Crippen molar-refractivity contribution in [3.63, 3.8) is 0 Å². The molecule has 2 rings (SSSR count). The van der Waals surface area contributed by atoms with E-state index in [1.165, 1.54) is 11.9 Å². The topological polar surface area (TPSA) is 98.7 Å². The summed E-state index contributed by atoms with van der Waals surface area (Å²) in [5.74, 6) is -1.43. The summed E-state index contributed by atoms with van der Waals surface area (Å²) >= 11 is 0. The van der Waals surface area contributed by atoms with Crippen LogP contribution in [0.3, 0.4) is 0 Å². The average molecular weight is 291 g/mol. The van der Waals surface area contributed by atoms with E-state index in [0.717, 1.165) is 5.56 Å². The van der Waals surface area contributed by atoms with Gasteiger partial charge in [0.25, 0.3) is 0 Å². The van der Waals surface area contributed by atoms with Gasteiger partial charge in [-0.2, -0.15) is 0 Å². The molecule has 1 aromatic carbocycles. The van der Waals surface area contributed by atoms with Crippen LogP contribution in [0.1, 0.15) is 17.9 Å².